The van der Waals surface area contributed by atoms with Crippen LogP contribution in [-0.2, 0) is 9.53 Å². The number of ether oxygens (including phenoxy) is 1. The van der Waals surface area contributed by atoms with E-state index in [4.69, 9.17) is 4.74 Å². The Kier molecular flexibility index (Phi) is 6.75. The summed E-state index contributed by atoms with van der Waals surface area (Å²) in [5, 5.41) is 3.47. The van der Waals surface area contributed by atoms with Crippen LogP contribution in [0.25, 0.3) is 0 Å². The van der Waals surface area contributed by atoms with Crippen molar-refractivity contribution in [3.8, 4) is 0 Å². The van der Waals surface area contributed by atoms with Crippen LogP contribution >= 0.6 is 0 Å². The molecule has 1 atom stereocenters. The average Bonchev–Trinajstić information content (AvgIpc) is 2.53. The van der Waals surface area contributed by atoms with Gasteiger partial charge in [0.2, 0.25) is 0 Å². The highest BCUT2D eigenvalue weighted by Crippen LogP contribution is 2.23. The van der Waals surface area contributed by atoms with Crippen molar-refractivity contribution in [3.05, 3.63) is 0 Å². The molecule has 1 N–H and O–H groups in total. The van der Waals surface area contributed by atoms with Crippen LogP contribution in [0.4, 0.5) is 0 Å². The molecule has 19 heavy (non-hydrogen) atoms. The third kappa shape index (κ3) is 5.09. The Morgan fingerprint density at radius 2 is 2.11 bits per heavy atom. The Morgan fingerprint density at radius 3 is 2.74 bits per heavy atom. The van der Waals surface area contributed by atoms with Gasteiger partial charge in [-0.25, -0.2) is 0 Å². The minimum Gasteiger partial charge on any atom is -0.465 e. The molecular formula is C14H29N3O2. The van der Waals surface area contributed by atoms with Crippen molar-refractivity contribution in [2.24, 2.45) is 0 Å². The summed E-state index contributed by atoms with van der Waals surface area (Å²) in [4.78, 5) is 16.7. The second kappa shape index (κ2) is 7.82. The predicted octanol–water partition coefficient (Wildman–Crippen LogP) is 0.555. The van der Waals surface area contributed by atoms with Crippen LogP contribution in [0.1, 0.15) is 26.2 Å². The van der Waals surface area contributed by atoms with Crippen LogP contribution in [0.2, 0.25) is 0 Å². The lowest BCUT2D eigenvalue weighted by molar-refractivity contribution is -0.152. The summed E-state index contributed by atoms with van der Waals surface area (Å²) in [6, 6.07) is 0. The topological polar surface area (TPSA) is 44.8 Å². The molecule has 0 radical (unpaired) electrons. The molecule has 0 amide bonds. The minimum absolute atomic E-state index is 0.0796. The smallest absolute Gasteiger partial charge is 0.326 e. The molecule has 112 valence electrons. The van der Waals surface area contributed by atoms with E-state index in [2.05, 4.69) is 22.2 Å². The lowest BCUT2D eigenvalue weighted by Crippen LogP contribution is -2.54. The third-order valence-electron chi connectivity index (χ3n) is 3.75. The summed E-state index contributed by atoms with van der Waals surface area (Å²) in [5.74, 6) is -0.0796. The maximum atomic E-state index is 12.3. The van der Waals surface area contributed by atoms with Gasteiger partial charge in [0.1, 0.15) is 5.54 Å². The summed E-state index contributed by atoms with van der Waals surface area (Å²) in [6.07, 6.45) is 2.73. The third-order valence-corrected chi connectivity index (χ3v) is 3.75. The standard InChI is InChI=1S/C14H29N3O2/c1-5-19-13(18)14(15-9-12-16(2)3)7-6-10-17(4)11-8-14/h15H,5-12H2,1-4H3. The SMILES string of the molecule is CCOC(=O)C1(NCCN(C)C)CCCN(C)CC1. The number of hydrogen-bond donors (Lipinski definition) is 1. The van der Waals surface area contributed by atoms with Crippen molar-refractivity contribution < 1.29 is 9.53 Å². The van der Waals surface area contributed by atoms with E-state index in [0.29, 0.717) is 6.61 Å². The van der Waals surface area contributed by atoms with Crippen LogP contribution in [0, 0.1) is 0 Å². The Balaban J connectivity index is 2.68. The average molecular weight is 271 g/mol. The molecule has 1 aliphatic heterocycles. The van der Waals surface area contributed by atoms with Crippen molar-refractivity contribution in [1.29, 1.82) is 0 Å². The molecule has 5 nitrogen and oxygen atoms in total. The second-order valence-electron chi connectivity index (χ2n) is 5.69. The van der Waals surface area contributed by atoms with Gasteiger partial charge < -0.3 is 19.9 Å². The number of esters is 1. The predicted molar refractivity (Wildman–Crippen MR) is 77.3 cm³/mol. The first-order chi connectivity index (χ1) is 9.00. The second-order valence-corrected chi connectivity index (χ2v) is 5.69. The number of rotatable bonds is 6. The van der Waals surface area contributed by atoms with E-state index >= 15 is 0 Å². The summed E-state index contributed by atoms with van der Waals surface area (Å²) in [5.41, 5.74) is -0.489. The van der Waals surface area contributed by atoms with Gasteiger partial charge >= 0.3 is 5.97 Å². The van der Waals surface area contributed by atoms with Gasteiger partial charge in [0.25, 0.3) is 0 Å². The molecule has 0 spiro atoms. The molecule has 0 aromatic rings. The van der Waals surface area contributed by atoms with E-state index in [-0.39, 0.29) is 5.97 Å². The van der Waals surface area contributed by atoms with Crippen molar-refractivity contribution >= 4 is 5.97 Å². The Hall–Kier alpha value is -0.650. The number of likely N-dealkylation sites (tertiary alicyclic amines) is 1. The fourth-order valence-electron chi connectivity index (χ4n) is 2.51. The molecule has 0 saturated carbocycles. The van der Waals surface area contributed by atoms with Crippen molar-refractivity contribution in [3.63, 3.8) is 0 Å². The van der Waals surface area contributed by atoms with Crippen LogP contribution in [0.3, 0.4) is 0 Å². The molecule has 0 aliphatic carbocycles. The van der Waals surface area contributed by atoms with Gasteiger partial charge in [-0.1, -0.05) is 0 Å². The highest BCUT2D eigenvalue weighted by atomic mass is 16.5. The molecular weight excluding hydrogens is 242 g/mol. The molecule has 1 heterocycles. The highest BCUT2D eigenvalue weighted by Gasteiger charge is 2.40. The molecule has 0 aromatic heterocycles. The molecule has 5 heteroatoms. The zero-order valence-electron chi connectivity index (χ0n) is 12.9. The summed E-state index contributed by atoms with van der Waals surface area (Å²) < 4.78 is 5.30. The van der Waals surface area contributed by atoms with Gasteiger partial charge in [0.05, 0.1) is 6.61 Å². The van der Waals surface area contributed by atoms with E-state index in [0.717, 1.165) is 45.4 Å². The normalized spacial score (nSPS) is 25.3. The first kappa shape index (κ1) is 16.4. The van der Waals surface area contributed by atoms with Gasteiger partial charge in [0.15, 0.2) is 0 Å². The number of hydrogen-bond acceptors (Lipinski definition) is 5. The van der Waals surface area contributed by atoms with Crippen LogP contribution in [0.15, 0.2) is 0 Å². The van der Waals surface area contributed by atoms with Crippen LogP contribution < -0.4 is 5.32 Å². The molecule has 1 unspecified atom stereocenters. The molecule has 1 fully saturated rings. The number of carbonyl (C=O) groups is 1. The quantitative estimate of drug-likeness (QED) is 0.715. The first-order valence-electron chi connectivity index (χ1n) is 7.26. The van der Waals surface area contributed by atoms with E-state index in [1.807, 2.05) is 21.0 Å². The molecule has 0 bridgehead atoms. The monoisotopic (exact) mass is 271 g/mol. The fraction of sp³-hybridized carbons (Fsp3) is 0.929. The molecule has 1 rings (SSSR count). The fourth-order valence-corrected chi connectivity index (χ4v) is 2.51. The van der Waals surface area contributed by atoms with Crippen molar-refractivity contribution in [1.82, 2.24) is 15.1 Å². The summed E-state index contributed by atoms with van der Waals surface area (Å²) in [7, 11) is 6.19. The molecule has 0 aromatic carbocycles. The van der Waals surface area contributed by atoms with E-state index < -0.39 is 5.54 Å². The number of nitrogens with one attached hydrogen (secondary N) is 1. The lowest BCUT2D eigenvalue weighted by Gasteiger charge is -2.32. The number of likely N-dealkylation sites (N-methyl/N-ethyl adjacent to an activating group) is 1. The van der Waals surface area contributed by atoms with Gasteiger partial charge in [-0.3, -0.25) is 4.79 Å². The van der Waals surface area contributed by atoms with Gasteiger partial charge in [0, 0.05) is 19.6 Å². The zero-order valence-corrected chi connectivity index (χ0v) is 12.9. The highest BCUT2D eigenvalue weighted by molar-refractivity contribution is 5.81. The number of carbonyl (C=O) groups excluding carboxylic acids is 1. The molecule has 1 saturated heterocycles. The van der Waals surface area contributed by atoms with Crippen molar-refractivity contribution in [2.75, 3.05) is 53.9 Å². The summed E-state index contributed by atoms with van der Waals surface area (Å²) >= 11 is 0. The number of nitrogens with zero attached hydrogens (tertiary/aromatic N) is 2. The molecule has 1 aliphatic rings. The van der Waals surface area contributed by atoms with Gasteiger partial charge in [-0.15, -0.1) is 0 Å². The first-order valence-corrected chi connectivity index (χ1v) is 7.26. The van der Waals surface area contributed by atoms with E-state index in [1.165, 1.54) is 0 Å². The van der Waals surface area contributed by atoms with Crippen LogP contribution in [-0.4, -0.2) is 75.2 Å². The maximum absolute atomic E-state index is 12.3. The Labute approximate surface area is 117 Å². The maximum Gasteiger partial charge on any atom is 0.326 e. The Bertz CT molecular complexity index is 284. The van der Waals surface area contributed by atoms with Gasteiger partial charge in [-0.05, 0) is 53.9 Å². The summed E-state index contributed by atoms with van der Waals surface area (Å²) in [6.45, 7) is 6.05. The van der Waals surface area contributed by atoms with E-state index in [1.54, 1.807) is 0 Å². The lowest BCUT2D eigenvalue weighted by atomic mass is 9.90. The largest absolute Gasteiger partial charge is 0.465 e. The van der Waals surface area contributed by atoms with Gasteiger partial charge in [-0.2, -0.15) is 0 Å². The zero-order chi connectivity index (χ0) is 14.3. The van der Waals surface area contributed by atoms with Crippen molar-refractivity contribution in [2.45, 2.75) is 31.7 Å². The Morgan fingerprint density at radius 1 is 1.37 bits per heavy atom. The van der Waals surface area contributed by atoms with E-state index in [9.17, 15) is 4.79 Å². The van der Waals surface area contributed by atoms with Crippen LogP contribution in [0.5, 0.6) is 0 Å². The minimum atomic E-state index is -0.489.